The maximum Gasteiger partial charge on any atom is 0.257 e. The Morgan fingerprint density at radius 1 is 1.13 bits per heavy atom. The summed E-state index contributed by atoms with van der Waals surface area (Å²) in [6, 6.07) is 11.7. The Bertz CT molecular complexity index is 1030. The Balaban J connectivity index is 1.78. The standard InChI is InChI=1S/C23H30ClN3O3S/c1-17(2)26(3)31(29,30)20-10-11-22(24)21(15-20)23(28)25-19-9-7-8-18(14-19)16-27-12-5-4-6-13-27/h7-11,14-15,17H,4-6,12-13,16H2,1-3H3,(H,25,28). The first-order valence-corrected chi connectivity index (χ1v) is 12.4. The van der Waals surface area contributed by atoms with E-state index in [0.717, 1.165) is 25.2 Å². The van der Waals surface area contributed by atoms with E-state index in [1.807, 2.05) is 24.3 Å². The summed E-state index contributed by atoms with van der Waals surface area (Å²) in [5.74, 6) is -0.440. The van der Waals surface area contributed by atoms with E-state index in [0.29, 0.717) is 5.69 Å². The van der Waals surface area contributed by atoms with Gasteiger partial charge in [0.15, 0.2) is 0 Å². The van der Waals surface area contributed by atoms with E-state index < -0.39 is 15.9 Å². The number of benzene rings is 2. The number of amides is 1. The summed E-state index contributed by atoms with van der Waals surface area (Å²) in [4.78, 5) is 15.4. The van der Waals surface area contributed by atoms with E-state index in [4.69, 9.17) is 11.6 Å². The van der Waals surface area contributed by atoms with Crippen LogP contribution in [0, 0.1) is 0 Å². The summed E-state index contributed by atoms with van der Waals surface area (Å²) in [5, 5.41) is 3.06. The normalized spacial score (nSPS) is 15.4. The van der Waals surface area contributed by atoms with Gasteiger partial charge in [-0.25, -0.2) is 8.42 Å². The molecule has 1 fully saturated rings. The van der Waals surface area contributed by atoms with Crippen molar-refractivity contribution >= 4 is 33.2 Å². The van der Waals surface area contributed by atoms with Gasteiger partial charge in [0.2, 0.25) is 10.0 Å². The van der Waals surface area contributed by atoms with Crippen LogP contribution in [0.25, 0.3) is 0 Å². The third-order valence-electron chi connectivity index (χ3n) is 5.63. The molecule has 1 aliphatic rings. The van der Waals surface area contributed by atoms with Crippen molar-refractivity contribution in [3.63, 3.8) is 0 Å². The van der Waals surface area contributed by atoms with Crippen LogP contribution in [0.3, 0.4) is 0 Å². The Labute approximate surface area is 190 Å². The molecule has 1 aliphatic heterocycles. The Morgan fingerprint density at radius 2 is 1.84 bits per heavy atom. The molecule has 0 saturated carbocycles. The van der Waals surface area contributed by atoms with E-state index in [1.54, 1.807) is 13.8 Å². The van der Waals surface area contributed by atoms with Gasteiger partial charge in [0, 0.05) is 25.3 Å². The van der Waals surface area contributed by atoms with Crippen molar-refractivity contribution in [2.75, 3.05) is 25.5 Å². The van der Waals surface area contributed by atoms with Crippen LogP contribution in [0.5, 0.6) is 0 Å². The van der Waals surface area contributed by atoms with Gasteiger partial charge >= 0.3 is 0 Å². The summed E-state index contributed by atoms with van der Waals surface area (Å²) >= 11 is 6.23. The number of nitrogens with zero attached hydrogens (tertiary/aromatic N) is 2. The molecule has 1 amide bonds. The second-order valence-electron chi connectivity index (χ2n) is 8.25. The van der Waals surface area contributed by atoms with Crippen molar-refractivity contribution in [3.8, 4) is 0 Å². The summed E-state index contributed by atoms with van der Waals surface area (Å²) < 4.78 is 26.9. The number of rotatable bonds is 7. The second-order valence-corrected chi connectivity index (χ2v) is 10.7. The molecule has 0 unspecified atom stereocenters. The highest BCUT2D eigenvalue weighted by atomic mass is 35.5. The molecule has 0 aromatic heterocycles. The minimum atomic E-state index is -3.72. The first kappa shape index (κ1) is 23.7. The van der Waals surface area contributed by atoms with Gasteiger partial charge in [-0.1, -0.05) is 30.2 Å². The van der Waals surface area contributed by atoms with Gasteiger partial charge in [-0.15, -0.1) is 0 Å². The molecule has 8 heteroatoms. The molecular formula is C23H30ClN3O3S. The summed E-state index contributed by atoms with van der Waals surface area (Å²) in [5.41, 5.74) is 1.91. The lowest BCUT2D eigenvalue weighted by Gasteiger charge is -2.26. The molecule has 0 spiro atoms. The second kappa shape index (κ2) is 10.1. The zero-order valence-electron chi connectivity index (χ0n) is 18.3. The molecule has 0 bridgehead atoms. The van der Waals surface area contributed by atoms with E-state index in [-0.39, 0.29) is 21.5 Å². The fourth-order valence-corrected chi connectivity index (χ4v) is 5.20. The quantitative estimate of drug-likeness (QED) is 0.651. The lowest BCUT2D eigenvalue weighted by atomic mass is 10.1. The summed E-state index contributed by atoms with van der Waals surface area (Å²) in [7, 11) is -2.20. The van der Waals surface area contributed by atoms with E-state index >= 15 is 0 Å². The predicted octanol–water partition coefficient (Wildman–Crippen LogP) is 4.61. The number of anilines is 1. The van der Waals surface area contributed by atoms with Crippen molar-refractivity contribution in [1.29, 1.82) is 0 Å². The monoisotopic (exact) mass is 463 g/mol. The minimum absolute atomic E-state index is 0.0390. The lowest BCUT2D eigenvalue weighted by molar-refractivity contribution is 0.102. The highest BCUT2D eigenvalue weighted by Crippen LogP contribution is 2.25. The molecule has 3 rings (SSSR count). The Hall–Kier alpha value is -1.93. The van der Waals surface area contributed by atoms with E-state index in [9.17, 15) is 13.2 Å². The van der Waals surface area contributed by atoms with Crippen molar-refractivity contribution in [2.45, 2.75) is 50.6 Å². The first-order valence-electron chi connectivity index (χ1n) is 10.6. The molecule has 6 nitrogen and oxygen atoms in total. The molecule has 168 valence electrons. The molecule has 0 radical (unpaired) electrons. The van der Waals surface area contributed by atoms with Gasteiger partial charge < -0.3 is 5.32 Å². The van der Waals surface area contributed by atoms with Crippen LogP contribution >= 0.6 is 11.6 Å². The average molecular weight is 464 g/mol. The molecule has 0 atom stereocenters. The Kier molecular flexibility index (Phi) is 7.75. The molecular weight excluding hydrogens is 434 g/mol. The van der Waals surface area contributed by atoms with Gasteiger partial charge in [-0.05, 0) is 75.7 Å². The largest absolute Gasteiger partial charge is 0.322 e. The van der Waals surface area contributed by atoms with Gasteiger partial charge in [0.05, 0.1) is 15.5 Å². The predicted molar refractivity (Wildman–Crippen MR) is 125 cm³/mol. The smallest absolute Gasteiger partial charge is 0.257 e. The molecule has 0 aliphatic carbocycles. The third-order valence-corrected chi connectivity index (χ3v) is 7.99. The van der Waals surface area contributed by atoms with Crippen LogP contribution in [-0.2, 0) is 16.6 Å². The average Bonchev–Trinajstić information content (AvgIpc) is 2.74. The van der Waals surface area contributed by atoms with Crippen LogP contribution in [0.1, 0.15) is 49.0 Å². The zero-order chi connectivity index (χ0) is 22.6. The Morgan fingerprint density at radius 3 is 2.52 bits per heavy atom. The van der Waals surface area contributed by atoms with E-state index in [2.05, 4.69) is 10.2 Å². The number of carbonyl (C=O) groups is 1. The fourth-order valence-electron chi connectivity index (χ4n) is 3.60. The molecule has 1 heterocycles. The number of hydrogen-bond acceptors (Lipinski definition) is 4. The lowest BCUT2D eigenvalue weighted by Crippen LogP contribution is -2.33. The summed E-state index contributed by atoms with van der Waals surface area (Å²) in [6.45, 7) is 6.62. The van der Waals surface area contributed by atoms with Gasteiger partial charge in [0.1, 0.15) is 0 Å². The van der Waals surface area contributed by atoms with Gasteiger partial charge in [0.25, 0.3) is 5.91 Å². The molecule has 1 N–H and O–H groups in total. The van der Waals surface area contributed by atoms with Crippen molar-refractivity contribution < 1.29 is 13.2 Å². The highest BCUT2D eigenvalue weighted by Gasteiger charge is 2.25. The molecule has 31 heavy (non-hydrogen) atoms. The van der Waals surface area contributed by atoms with Crippen LogP contribution in [0.15, 0.2) is 47.4 Å². The van der Waals surface area contributed by atoms with Gasteiger partial charge in [-0.2, -0.15) is 4.31 Å². The van der Waals surface area contributed by atoms with Gasteiger partial charge in [-0.3, -0.25) is 9.69 Å². The minimum Gasteiger partial charge on any atom is -0.322 e. The van der Waals surface area contributed by atoms with Crippen LogP contribution in [0.2, 0.25) is 5.02 Å². The third kappa shape index (κ3) is 5.86. The number of carbonyl (C=O) groups excluding carboxylic acids is 1. The maximum atomic E-state index is 12.9. The molecule has 2 aromatic carbocycles. The van der Waals surface area contributed by atoms with Crippen molar-refractivity contribution in [3.05, 3.63) is 58.6 Å². The highest BCUT2D eigenvalue weighted by molar-refractivity contribution is 7.89. The molecule has 1 saturated heterocycles. The fraction of sp³-hybridized carbons (Fsp3) is 0.435. The first-order chi connectivity index (χ1) is 14.7. The maximum absolute atomic E-state index is 12.9. The van der Waals surface area contributed by atoms with Crippen molar-refractivity contribution in [2.24, 2.45) is 0 Å². The number of hydrogen-bond donors (Lipinski definition) is 1. The SMILES string of the molecule is CC(C)N(C)S(=O)(=O)c1ccc(Cl)c(C(=O)Nc2cccc(CN3CCCCC3)c2)c1. The number of halogens is 1. The molecule has 2 aromatic rings. The van der Waals surface area contributed by atoms with E-state index in [1.165, 1.54) is 48.8 Å². The summed E-state index contributed by atoms with van der Waals surface area (Å²) in [6.07, 6.45) is 3.73. The number of nitrogens with one attached hydrogen (secondary N) is 1. The van der Waals surface area contributed by atoms with Crippen LogP contribution in [-0.4, -0.2) is 49.7 Å². The van der Waals surface area contributed by atoms with Crippen LogP contribution in [0.4, 0.5) is 5.69 Å². The topological polar surface area (TPSA) is 69.7 Å². The number of sulfonamides is 1. The zero-order valence-corrected chi connectivity index (χ0v) is 19.8. The number of piperidine rings is 1. The van der Waals surface area contributed by atoms with Crippen molar-refractivity contribution in [1.82, 2.24) is 9.21 Å². The number of likely N-dealkylation sites (tertiary alicyclic amines) is 1. The van der Waals surface area contributed by atoms with Crippen LogP contribution < -0.4 is 5.32 Å².